The van der Waals surface area contributed by atoms with Crippen molar-refractivity contribution in [1.82, 2.24) is 9.62 Å². The number of carboxylic acids is 2. The van der Waals surface area contributed by atoms with E-state index in [0.717, 1.165) is 39.4 Å². The monoisotopic (exact) mass is 568 g/mol. The Morgan fingerprint density at radius 2 is 1.53 bits per heavy atom. The lowest BCUT2D eigenvalue weighted by molar-refractivity contribution is -0.141. The molecule has 0 unspecified atom stereocenters. The molecule has 2 rings (SSSR count). The van der Waals surface area contributed by atoms with Crippen LogP contribution in [-0.2, 0) is 9.59 Å². The van der Waals surface area contributed by atoms with Crippen LogP contribution in [0.3, 0.4) is 0 Å². The molecule has 8 nitrogen and oxygen atoms in total. The van der Waals surface area contributed by atoms with E-state index in [4.69, 9.17) is 0 Å². The van der Waals surface area contributed by atoms with Crippen molar-refractivity contribution in [3.63, 3.8) is 0 Å². The van der Waals surface area contributed by atoms with E-state index in [1.165, 1.54) is 18.2 Å². The molecule has 2 atom stereocenters. The predicted octanol–water partition coefficient (Wildman–Crippen LogP) is 5.49. The molecule has 0 aliphatic rings. The molecule has 0 saturated heterocycles. The van der Waals surface area contributed by atoms with Crippen LogP contribution < -0.4 is 5.32 Å². The Bertz CT molecular complexity index is 1180. The molecule has 0 bridgehead atoms. The van der Waals surface area contributed by atoms with Crippen LogP contribution >= 0.6 is 21.8 Å². The first-order chi connectivity index (χ1) is 17.8. The summed E-state index contributed by atoms with van der Waals surface area (Å²) in [5.41, 5.74) is -0.241. The first-order valence-corrected chi connectivity index (χ1v) is 13.9. The maximum Gasteiger partial charge on any atom is 0.327 e. The van der Waals surface area contributed by atoms with E-state index in [0.29, 0.717) is 11.0 Å². The first kappa shape index (κ1) is 31.1. The third kappa shape index (κ3) is 9.02. The molecule has 0 saturated carbocycles. The summed E-state index contributed by atoms with van der Waals surface area (Å²) in [4.78, 5) is 50.2. The number of carboxylic acid groups (broad SMARTS) is 2. The highest BCUT2D eigenvalue weighted by atomic mass is 33.1. The molecule has 2 aromatic rings. The van der Waals surface area contributed by atoms with Crippen LogP contribution in [0.4, 0.5) is 8.78 Å². The van der Waals surface area contributed by atoms with Gasteiger partial charge in [0.25, 0.3) is 11.8 Å². The molecular weight excluding hydrogens is 538 g/mol. The summed E-state index contributed by atoms with van der Waals surface area (Å²) in [7, 11) is 1.54. The molecule has 38 heavy (non-hydrogen) atoms. The molecule has 12 heteroatoms. The fraction of sp³-hybridized carbons (Fsp3) is 0.385. The molecular formula is C26H30F2N2O6S2. The van der Waals surface area contributed by atoms with Crippen LogP contribution in [0.15, 0.2) is 47.4 Å². The zero-order valence-corrected chi connectivity index (χ0v) is 22.9. The summed E-state index contributed by atoms with van der Waals surface area (Å²) >= 11 is 0. The molecule has 2 aromatic carbocycles. The van der Waals surface area contributed by atoms with Crippen LogP contribution in [0.25, 0.3) is 0 Å². The van der Waals surface area contributed by atoms with Gasteiger partial charge in [-0.15, -0.1) is 0 Å². The van der Waals surface area contributed by atoms with Crippen molar-refractivity contribution in [3.05, 3.63) is 65.2 Å². The largest absolute Gasteiger partial charge is 0.480 e. The summed E-state index contributed by atoms with van der Waals surface area (Å²) in [5, 5.41) is 21.7. The Kier molecular flexibility index (Phi) is 11.6. The molecule has 0 aliphatic carbocycles. The standard InChI is InChI=1S/C26H30F2N2O6S2/c1-14(2)10-20(25(33)34)29-23(31)19-13-18(28)8-9-22(19)37-38-30(21(26(35)36)11-15(3)4)24(32)16-6-5-7-17(27)12-16/h5-9,12-15,20-21H,10-11H2,1-4H3,(H,29,31)(H,33,34)(H,35,36)/t20-,21+/m0/s1. The van der Waals surface area contributed by atoms with Crippen LogP contribution in [0.1, 0.15) is 61.3 Å². The lowest BCUT2D eigenvalue weighted by Crippen LogP contribution is -2.42. The summed E-state index contributed by atoms with van der Waals surface area (Å²) < 4.78 is 28.9. The van der Waals surface area contributed by atoms with Gasteiger partial charge in [-0.05, 0) is 71.9 Å². The van der Waals surface area contributed by atoms with Crippen LogP contribution in [-0.4, -0.2) is 50.4 Å². The second-order valence-corrected chi connectivity index (χ2v) is 11.5. The third-order valence-corrected chi connectivity index (χ3v) is 7.67. The smallest absolute Gasteiger partial charge is 0.327 e. The van der Waals surface area contributed by atoms with Crippen LogP contribution in [0, 0.1) is 23.5 Å². The Balaban J connectivity index is 2.40. The van der Waals surface area contributed by atoms with Gasteiger partial charge in [-0.3, -0.25) is 13.9 Å². The van der Waals surface area contributed by atoms with Gasteiger partial charge in [0.2, 0.25) is 0 Å². The van der Waals surface area contributed by atoms with E-state index in [1.54, 1.807) is 27.7 Å². The quantitative estimate of drug-likeness (QED) is 0.214. The number of hydrogen-bond donors (Lipinski definition) is 3. The number of amides is 2. The van der Waals surface area contributed by atoms with E-state index in [2.05, 4.69) is 5.32 Å². The van der Waals surface area contributed by atoms with E-state index in [9.17, 15) is 38.2 Å². The van der Waals surface area contributed by atoms with Crippen molar-refractivity contribution >= 4 is 45.5 Å². The van der Waals surface area contributed by atoms with Gasteiger partial charge in [0.15, 0.2) is 0 Å². The number of aliphatic carboxylic acids is 2. The van der Waals surface area contributed by atoms with Gasteiger partial charge >= 0.3 is 11.9 Å². The average molecular weight is 569 g/mol. The highest BCUT2D eigenvalue weighted by molar-refractivity contribution is 8.76. The van der Waals surface area contributed by atoms with Crippen molar-refractivity contribution in [2.75, 3.05) is 0 Å². The normalized spacial score (nSPS) is 12.7. The SMILES string of the molecule is CC(C)C[C@H](NC(=O)c1cc(F)ccc1SSN(C(=O)c1cccc(F)c1)[C@H](CC(C)C)C(=O)O)C(=O)O. The Morgan fingerprint density at radius 3 is 2.08 bits per heavy atom. The molecule has 0 fully saturated rings. The van der Waals surface area contributed by atoms with Crippen molar-refractivity contribution in [3.8, 4) is 0 Å². The van der Waals surface area contributed by atoms with Crippen molar-refractivity contribution < 1.29 is 38.2 Å². The van der Waals surface area contributed by atoms with E-state index >= 15 is 0 Å². The molecule has 0 aliphatic heterocycles. The minimum Gasteiger partial charge on any atom is -0.480 e. The fourth-order valence-corrected chi connectivity index (χ4v) is 5.89. The minimum absolute atomic E-state index is 0.0374. The number of halogens is 2. The fourth-order valence-electron chi connectivity index (χ4n) is 3.48. The highest BCUT2D eigenvalue weighted by Crippen LogP contribution is 2.39. The van der Waals surface area contributed by atoms with Gasteiger partial charge < -0.3 is 15.5 Å². The number of nitrogens with one attached hydrogen (secondary N) is 1. The van der Waals surface area contributed by atoms with Crippen LogP contribution in [0.5, 0.6) is 0 Å². The van der Waals surface area contributed by atoms with Crippen molar-refractivity contribution in [2.24, 2.45) is 11.8 Å². The maximum absolute atomic E-state index is 14.1. The number of carbonyl (C=O) groups excluding carboxylic acids is 2. The second-order valence-electron chi connectivity index (χ2n) is 9.42. The lowest BCUT2D eigenvalue weighted by atomic mass is 10.0. The summed E-state index contributed by atoms with van der Waals surface area (Å²) in [6, 6.07) is 5.64. The van der Waals surface area contributed by atoms with Gasteiger partial charge in [-0.1, -0.05) is 33.8 Å². The molecule has 0 aromatic heterocycles. The second kappa shape index (κ2) is 14.1. The topological polar surface area (TPSA) is 124 Å². The van der Waals surface area contributed by atoms with E-state index in [1.807, 2.05) is 0 Å². The molecule has 206 valence electrons. The van der Waals surface area contributed by atoms with Gasteiger partial charge in [-0.2, -0.15) is 0 Å². The van der Waals surface area contributed by atoms with Gasteiger partial charge in [0, 0.05) is 21.4 Å². The summed E-state index contributed by atoms with van der Waals surface area (Å²) in [6.07, 6.45) is 0.245. The molecule has 3 N–H and O–H groups in total. The Hall–Kier alpha value is -3.12. The number of rotatable bonds is 13. The lowest BCUT2D eigenvalue weighted by Gasteiger charge is -2.28. The number of carbonyl (C=O) groups is 4. The summed E-state index contributed by atoms with van der Waals surface area (Å²) in [6.45, 7) is 7.17. The zero-order valence-electron chi connectivity index (χ0n) is 21.3. The maximum atomic E-state index is 14.1. The van der Waals surface area contributed by atoms with Gasteiger partial charge in [0.05, 0.1) is 5.56 Å². The number of benzene rings is 2. The predicted molar refractivity (Wildman–Crippen MR) is 142 cm³/mol. The van der Waals surface area contributed by atoms with Crippen LogP contribution in [0.2, 0.25) is 0 Å². The number of hydrogen-bond acceptors (Lipinski definition) is 6. The van der Waals surface area contributed by atoms with Gasteiger partial charge in [0.1, 0.15) is 23.7 Å². The molecule has 0 spiro atoms. The van der Waals surface area contributed by atoms with Crippen molar-refractivity contribution in [2.45, 2.75) is 57.5 Å². The third-order valence-electron chi connectivity index (χ3n) is 5.24. The Labute approximate surface area is 227 Å². The molecule has 0 radical (unpaired) electrons. The van der Waals surface area contributed by atoms with E-state index in [-0.39, 0.29) is 40.7 Å². The summed E-state index contributed by atoms with van der Waals surface area (Å²) in [5.74, 6) is -5.66. The van der Waals surface area contributed by atoms with Crippen molar-refractivity contribution in [1.29, 1.82) is 0 Å². The zero-order chi connectivity index (χ0) is 28.6. The minimum atomic E-state index is -1.29. The molecule has 0 heterocycles. The van der Waals surface area contributed by atoms with Gasteiger partial charge in [-0.25, -0.2) is 18.4 Å². The first-order valence-electron chi connectivity index (χ1n) is 11.8. The highest BCUT2D eigenvalue weighted by Gasteiger charge is 2.33. The molecule has 2 amide bonds. The van der Waals surface area contributed by atoms with E-state index < -0.39 is 47.5 Å². The number of nitrogens with zero attached hydrogens (tertiary/aromatic N) is 1. The average Bonchev–Trinajstić information content (AvgIpc) is 2.82. The Morgan fingerprint density at radius 1 is 0.895 bits per heavy atom.